The van der Waals surface area contributed by atoms with Crippen LogP contribution in [0.3, 0.4) is 0 Å². The molecule has 0 unspecified atom stereocenters. The molecule has 0 heterocycles. The predicted octanol–water partition coefficient (Wildman–Crippen LogP) is 2.87. The van der Waals surface area contributed by atoms with E-state index in [9.17, 15) is 13.5 Å². The molecule has 0 saturated carbocycles. The molecule has 0 bridgehead atoms. The minimum Gasteiger partial charge on any atom is -0.385 e. The first kappa shape index (κ1) is 15.0. The molecule has 0 saturated heterocycles. The van der Waals surface area contributed by atoms with Crippen LogP contribution >= 0.6 is 27.5 Å². The minimum absolute atomic E-state index is 0.111. The van der Waals surface area contributed by atoms with Gasteiger partial charge in [-0.1, -0.05) is 46.6 Å². The van der Waals surface area contributed by atoms with Gasteiger partial charge in [-0.3, -0.25) is 0 Å². The number of aliphatic hydroxyl groups excluding tert-OH is 1. The monoisotopic (exact) mass is 340 g/mol. The lowest BCUT2D eigenvalue weighted by atomic mass is 10.1. The molecule has 1 N–H and O–H groups in total. The molecule has 3 nitrogen and oxygen atoms in total. The summed E-state index contributed by atoms with van der Waals surface area (Å²) in [5.74, 6) is -0.111. The van der Waals surface area contributed by atoms with Crippen molar-refractivity contribution in [3.05, 3.63) is 34.3 Å². The molecule has 0 aromatic heterocycles. The van der Waals surface area contributed by atoms with E-state index in [1.54, 1.807) is 24.3 Å². The second-order valence-electron chi connectivity index (χ2n) is 3.84. The van der Waals surface area contributed by atoms with Gasteiger partial charge in [0, 0.05) is 10.2 Å². The average Bonchev–Trinajstić information content (AvgIpc) is 2.28. The third kappa shape index (κ3) is 3.02. The van der Waals surface area contributed by atoms with Gasteiger partial charge < -0.3 is 5.11 Å². The molecule has 0 radical (unpaired) electrons. The molecule has 0 aliphatic rings. The summed E-state index contributed by atoms with van der Waals surface area (Å²) in [6.45, 7) is 2.82. The van der Waals surface area contributed by atoms with E-state index in [-0.39, 0.29) is 5.75 Å². The number of aliphatic hydroxyl groups is 1. The number of rotatable bonds is 4. The Morgan fingerprint density at radius 2 is 1.88 bits per heavy atom. The molecule has 6 heteroatoms. The van der Waals surface area contributed by atoms with E-state index in [0.29, 0.717) is 5.56 Å². The summed E-state index contributed by atoms with van der Waals surface area (Å²) in [7, 11) is -3.55. The Morgan fingerprint density at radius 3 is 2.29 bits per heavy atom. The van der Waals surface area contributed by atoms with E-state index in [1.807, 2.05) is 0 Å². The minimum atomic E-state index is -3.55. The molecule has 17 heavy (non-hydrogen) atoms. The van der Waals surface area contributed by atoms with Gasteiger partial charge in [0.15, 0.2) is 14.0 Å². The van der Waals surface area contributed by atoms with Crippen LogP contribution in [0.1, 0.15) is 25.5 Å². The lowest BCUT2D eigenvalue weighted by Gasteiger charge is -2.27. The molecule has 96 valence electrons. The molecule has 0 spiro atoms. The Morgan fingerprint density at radius 1 is 1.41 bits per heavy atom. The van der Waals surface area contributed by atoms with Crippen molar-refractivity contribution >= 4 is 37.4 Å². The highest BCUT2D eigenvalue weighted by Crippen LogP contribution is 2.37. The van der Waals surface area contributed by atoms with Gasteiger partial charge in [0.2, 0.25) is 0 Å². The molecule has 1 aromatic carbocycles. The van der Waals surface area contributed by atoms with Crippen LogP contribution in [-0.4, -0.2) is 23.5 Å². The zero-order valence-electron chi connectivity index (χ0n) is 9.52. The summed E-state index contributed by atoms with van der Waals surface area (Å²) in [6.07, 6.45) is -1.26. The molecular formula is C11H14BrClO3S. The first-order valence-corrected chi connectivity index (χ1v) is 7.89. The van der Waals surface area contributed by atoms with E-state index >= 15 is 0 Å². The number of benzene rings is 1. The largest absolute Gasteiger partial charge is 0.385 e. The maximum Gasteiger partial charge on any atom is 0.172 e. The Balaban J connectivity index is 3.12. The summed E-state index contributed by atoms with van der Waals surface area (Å²) in [5, 5.41) is 10.1. The third-order valence-corrected chi connectivity index (χ3v) is 6.30. The van der Waals surface area contributed by atoms with Gasteiger partial charge in [0.25, 0.3) is 0 Å². The maximum absolute atomic E-state index is 11.8. The van der Waals surface area contributed by atoms with Gasteiger partial charge in [-0.05, 0) is 24.6 Å². The lowest BCUT2D eigenvalue weighted by molar-refractivity contribution is 0.162. The summed E-state index contributed by atoms with van der Waals surface area (Å²) in [4.78, 5) is 0. The predicted molar refractivity (Wildman–Crippen MR) is 72.8 cm³/mol. The second kappa shape index (κ2) is 5.26. The molecule has 0 fully saturated rings. The van der Waals surface area contributed by atoms with Crippen LogP contribution in [0.2, 0.25) is 0 Å². The normalized spacial score (nSPS) is 17.5. The molecule has 0 aliphatic carbocycles. The highest BCUT2D eigenvalue weighted by atomic mass is 79.9. The number of hydrogen-bond donors (Lipinski definition) is 1. The third-order valence-electron chi connectivity index (χ3n) is 2.66. The first-order valence-electron chi connectivity index (χ1n) is 5.07. The van der Waals surface area contributed by atoms with Gasteiger partial charge in [-0.2, -0.15) is 0 Å². The molecule has 0 aliphatic heterocycles. The summed E-state index contributed by atoms with van der Waals surface area (Å²) in [5.41, 5.74) is 0.475. The van der Waals surface area contributed by atoms with Gasteiger partial charge in [0.05, 0.1) is 0 Å². The van der Waals surface area contributed by atoms with Crippen molar-refractivity contribution in [2.75, 3.05) is 5.75 Å². The molecular weight excluding hydrogens is 328 g/mol. The zero-order chi connectivity index (χ0) is 13.3. The molecule has 2 atom stereocenters. The van der Waals surface area contributed by atoms with Crippen molar-refractivity contribution < 1.29 is 13.5 Å². The fourth-order valence-corrected chi connectivity index (χ4v) is 3.15. The van der Waals surface area contributed by atoms with Crippen LogP contribution < -0.4 is 0 Å². The van der Waals surface area contributed by atoms with Crippen molar-refractivity contribution in [3.8, 4) is 0 Å². The van der Waals surface area contributed by atoms with Crippen LogP contribution in [-0.2, 0) is 9.84 Å². The van der Waals surface area contributed by atoms with E-state index in [2.05, 4.69) is 15.9 Å². The van der Waals surface area contributed by atoms with Crippen molar-refractivity contribution in [1.29, 1.82) is 0 Å². The quantitative estimate of drug-likeness (QED) is 0.857. The number of halogens is 2. The first-order chi connectivity index (χ1) is 7.72. The lowest BCUT2D eigenvalue weighted by Crippen LogP contribution is -2.37. The Kier molecular flexibility index (Phi) is 4.63. The molecule has 0 amide bonds. The van der Waals surface area contributed by atoms with E-state index in [1.165, 1.54) is 13.8 Å². The van der Waals surface area contributed by atoms with Crippen molar-refractivity contribution in [2.45, 2.75) is 24.2 Å². The fraction of sp³-hybridized carbons (Fsp3) is 0.455. The van der Waals surface area contributed by atoms with Gasteiger partial charge in [0.1, 0.15) is 6.10 Å². The van der Waals surface area contributed by atoms with Crippen LogP contribution in [0.4, 0.5) is 0 Å². The highest BCUT2D eigenvalue weighted by molar-refractivity contribution is 9.10. The summed E-state index contributed by atoms with van der Waals surface area (Å²) >= 11 is 9.27. The standard InChI is InChI=1S/C11H14BrClO3S/c1-3-17(15,16)11(2,13)10(14)8-4-6-9(12)7-5-8/h4-7,10,14H,3H2,1-2H3/t10-,11-/m0/s1. The smallest absolute Gasteiger partial charge is 0.172 e. The van der Waals surface area contributed by atoms with Crippen LogP contribution in [0.25, 0.3) is 0 Å². The van der Waals surface area contributed by atoms with E-state index in [4.69, 9.17) is 11.6 Å². The maximum atomic E-state index is 11.8. The Hall–Kier alpha value is -0.100. The topological polar surface area (TPSA) is 54.4 Å². The zero-order valence-corrected chi connectivity index (χ0v) is 12.7. The number of alkyl halides is 1. The second-order valence-corrected chi connectivity index (χ2v) is 8.42. The molecule has 1 aromatic rings. The van der Waals surface area contributed by atoms with Crippen LogP contribution in [0.15, 0.2) is 28.7 Å². The molecule has 1 rings (SSSR count). The van der Waals surface area contributed by atoms with E-state index in [0.717, 1.165) is 4.47 Å². The highest BCUT2D eigenvalue weighted by Gasteiger charge is 2.43. The van der Waals surface area contributed by atoms with E-state index < -0.39 is 20.1 Å². The Bertz CT molecular complexity index is 482. The Labute approximate surface area is 115 Å². The van der Waals surface area contributed by atoms with Crippen LogP contribution in [0.5, 0.6) is 0 Å². The fourth-order valence-electron chi connectivity index (χ4n) is 1.40. The van der Waals surface area contributed by atoms with Crippen molar-refractivity contribution in [1.82, 2.24) is 0 Å². The van der Waals surface area contributed by atoms with Crippen molar-refractivity contribution in [3.63, 3.8) is 0 Å². The van der Waals surface area contributed by atoms with Gasteiger partial charge in [-0.25, -0.2) is 8.42 Å². The number of sulfone groups is 1. The van der Waals surface area contributed by atoms with Gasteiger partial charge in [-0.15, -0.1) is 0 Å². The van der Waals surface area contributed by atoms with Crippen molar-refractivity contribution in [2.24, 2.45) is 0 Å². The SMILES string of the molecule is CCS(=O)(=O)[C@](C)(Cl)[C@@H](O)c1ccc(Br)cc1. The summed E-state index contributed by atoms with van der Waals surface area (Å²) < 4.78 is 22.7. The van der Waals surface area contributed by atoms with Crippen LogP contribution in [0, 0.1) is 0 Å². The summed E-state index contributed by atoms with van der Waals surface area (Å²) in [6, 6.07) is 6.73. The average molecular weight is 342 g/mol. The number of hydrogen-bond acceptors (Lipinski definition) is 3. The van der Waals surface area contributed by atoms with Gasteiger partial charge >= 0.3 is 0 Å².